The smallest absolute Gasteiger partial charge is 0.417 e. The molecule has 3 aliphatic rings. The fraction of sp³-hybridized carbons (Fsp3) is 0.772. The number of alkyl halides is 3. The molecule has 18 heteroatoms. The summed E-state index contributed by atoms with van der Waals surface area (Å²) in [6, 6.07) is 0. The van der Waals surface area contributed by atoms with Gasteiger partial charge in [-0.15, -0.1) is 0 Å². The summed E-state index contributed by atoms with van der Waals surface area (Å²) in [7, 11) is 1.54. The van der Waals surface area contributed by atoms with Crippen molar-refractivity contribution in [1.82, 2.24) is 4.90 Å². The standard InChI is InChI=1S/C57H90F3NO14/c1-11-13-17-24-61-54(67)53(66)57(69)42(9)20-22-44(75-57)33-48(73-28-27-71-25-26-72-35-56(58,59)60)37(4)19-16-14-15-18-36(3)29-40(7)51(64)45(12-2)52(65)41(8)30-38(5)47(63)34-49(74-55(61)68)39(6)31-43-21-23-46(62)50(32-43)70-10/h14-16,18-19,30,36,38-40,42-46,48-50,52,62,65,69H,11-13,17,20-29,31-35H2,1-10H3/b16-14+,18-15+,37-19+,41-30+/t36-,38-,39-,40-,42-,43+,44+,45+,46-,48?,49+,50-,52-,57-/m1/s1. The number of unbranched alkanes of at least 4 members (excludes halogenated alkanes) is 2. The van der Waals surface area contributed by atoms with E-state index in [-0.39, 0.29) is 75.6 Å². The third kappa shape index (κ3) is 21.3. The summed E-state index contributed by atoms with van der Waals surface area (Å²) in [4.78, 5) is 72.3. The molecule has 0 aromatic carbocycles. The van der Waals surface area contributed by atoms with Gasteiger partial charge in [0.25, 0.3) is 5.78 Å². The summed E-state index contributed by atoms with van der Waals surface area (Å²) < 4.78 is 71.8. The van der Waals surface area contributed by atoms with Crippen molar-refractivity contribution < 1.29 is 80.9 Å². The lowest BCUT2D eigenvalue weighted by Gasteiger charge is -2.41. The number of methoxy groups -OCH3 is 1. The zero-order chi connectivity index (χ0) is 56.0. The summed E-state index contributed by atoms with van der Waals surface area (Å²) in [5.74, 6) is -8.95. The highest BCUT2D eigenvalue weighted by atomic mass is 19.4. The van der Waals surface area contributed by atoms with Crippen molar-refractivity contribution in [2.24, 2.45) is 41.4 Å². The first-order valence-corrected chi connectivity index (χ1v) is 27.3. The first-order valence-electron chi connectivity index (χ1n) is 27.3. The molecule has 2 fully saturated rings. The van der Waals surface area contributed by atoms with E-state index in [0.29, 0.717) is 74.7 Å². The summed E-state index contributed by atoms with van der Waals surface area (Å²) in [5.41, 5.74) is 1.17. The van der Waals surface area contributed by atoms with Crippen molar-refractivity contribution in [2.75, 3.05) is 46.7 Å². The van der Waals surface area contributed by atoms with Crippen LogP contribution in [-0.4, -0.2) is 145 Å². The second-order valence-corrected chi connectivity index (χ2v) is 21.5. The zero-order valence-corrected chi connectivity index (χ0v) is 46.3. The molecule has 2 bridgehead atoms. The predicted octanol–water partition coefficient (Wildman–Crippen LogP) is 9.39. The monoisotopic (exact) mass is 1070 g/mol. The molecule has 1 saturated carbocycles. The van der Waals surface area contributed by atoms with Gasteiger partial charge in [0.15, 0.2) is 0 Å². The van der Waals surface area contributed by atoms with E-state index in [2.05, 4.69) is 4.74 Å². The molecular weight excluding hydrogens is 980 g/mol. The zero-order valence-electron chi connectivity index (χ0n) is 46.3. The molecule has 2 heterocycles. The third-order valence-corrected chi connectivity index (χ3v) is 15.1. The van der Waals surface area contributed by atoms with Crippen molar-refractivity contribution in [3.8, 4) is 0 Å². The number of rotatable bonds is 17. The normalized spacial score (nSPS) is 34.8. The van der Waals surface area contributed by atoms with Crippen LogP contribution in [0.1, 0.15) is 146 Å². The summed E-state index contributed by atoms with van der Waals surface area (Å²) in [6.07, 6.45) is 5.65. The quantitative estimate of drug-likeness (QED) is 0.0706. The lowest BCUT2D eigenvalue weighted by atomic mass is 9.78. The Bertz CT molecular complexity index is 1940. The number of aliphatic hydroxyl groups is 3. The highest BCUT2D eigenvalue weighted by molar-refractivity contribution is 6.40. The van der Waals surface area contributed by atoms with Crippen LogP contribution >= 0.6 is 0 Å². The van der Waals surface area contributed by atoms with Crippen LogP contribution in [0.15, 0.2) is 47.6 Å². The van der Waals surface area contributed by atoms with Gasteiger partial charge in [-0.1, -0.05) is 97.8 Å². The highest BCUT2D eigenvalue weighted by Gasteiger charge is 2.53. The lowest BCUT2D eigenvalue weighted by molar-refractivity contribution is -0.265. The van der Waals surface area contributed by atoms with Gasteiger partial charge in [0.05, 0.1) is 56.9 Å². The van der Waals surface area contributed by atoms with Crippen molar-refractivity contribution in [3.63, 3.8) is 0 Å². The maximum Gasteiger partial charge on any atom is 0.417 e. The number of hydrogen-bond donors (Lipinski definition) is 3. The van der Waals surface area contributed by atoms with Crippen LogP contribution < -0.4 is 0 Å². The minimum absolute atomic E-state index is 0.0115. The van der Waals surface area contributed by atoms with E-state index in [9.17, 15) is 52.5 Å². The molecule has 3 rings (SSSR count). The predicted molar refractivity (Wildman–Crippen MR) is 277 cm³/mol. The van der Waals surface area contributed by atoms with Crippen molar-refractivity contribution >= 4 is 29.4 Å². The average Bonchev–Trinajstić information content (AvgIpc) is 3.35. The number of nitrogens with zero attached hydrogens (tertiary/aromatic N) is 1. The Kier molecular flexibility index (Phi) is 28.3. The number of ketones is 3. The Morgan fingerprint density at radius 3 is 2.23 bits per heavy atom. The molecule has 0 radical (unpaired) electrons. The Morgan fingerprint density at radius 2 is 1.56 bits per heavy atom. The Balaban J connectivity index is 2.07. The van der Waals surface area contributed by atoms with Crippen molar-refractivity contribution in [3.05, 3.63) is 47.6 Å². The maximum absolute atomic E-state index is 14.5. The number of carbonyl (C=O) groups excluding carboxylic acids is 5. The van der Waals surface area contributed by atoms with E-state index >= 15 is 0 Å². The first kappa shape index (κ1) is 65.7. The summed E-state index contributed by atoms with van der Waals surface area (Å²) in [5, 5.41) is 34.3. The van der Waals surface area contributed by atoms with Gasteiger partial charge < -0.3 is 43.7 Å². The number of aliphatic hydroxyl groups excluding tert-OH is 2. The maximum atomic E-state index is 14.5. The van der Waals surface area contributed by atoms with Gasteiger partial charge in [-0.25, -0.2) is 9.69 Å². The van der Waals surface area contributed by atoms with Crippen LogP contribution in [0.3, 0.4) is 0 Å². The molecular formula is C57H90F3NO14. The first-order chi connectivity index (χ1) is 35.4. The number of hydrogen-bond acceptors (Lipinski definition) is 14. The van der Waals surface area contributed by atoms with Gasteiger partial charge in [0, 0.05) is 50.2 Å². The topological polar surface area (TPSA) is 205 Å². The number of ether oxygens (including phenoxy) is 6. The van der Waals surface area contributed by atoms with Crippen molar-refractivity contribution in [1.29, 1.82) is 0 Å². The number of allylic oxidation sites excluding steroid dienone is 6. The van der Waals surface area contributed by atoms with Crippen LogP contribution in [0.5, 0.6) is 0 Å². The lowest BCUT2D eigenvalue weighted by Crippen LogP contribution is -2.59. The molecule has 0 aromatic rings. The number of amides is 2. The van der Waals surface area contributed by atoms with E-state index in [4.69, 9.17) is 23.7 Å². The largest absolute Gasteiger partial charge is 0.445 e. The minimum atomic E-state index is -4.46. The molecule has 3 N–H and O–H groups in total. The van der Waals surface area contributed by atoms with Gasteiger partial charge >= 0.3 is 18.2 Å². The molecule has 75 heavy (non-hydrogen) atoms. The highest BCUT2D eigenvalue weighted by Crippen LogP contribution is 2.37. The Labute approximate surface area is 444 Å². The Hall–Kier alpha value is -3.62. The average molecular weight is 1070 g/mol. The second-order valence-electron chi connectivity index (χ2n) is 21.5. The van der Waals surface area contributed by atoms with Gasteiger partial charge in [-0.2, -0.15) is 13.2 Å². The molecule has 0 spiro atoms. The van der Waals surface area contributed by atoms with Gasteiger partial charge in [-0.3, -0.25) is 19.2 Å². The molecule has 2 amide bonds. The summed E-state index contributed by atoms with van der Waals surface area (Å²) in [6.45, 7) is 14.2. The number of fused-ring (bicyclic) bond motifs is 2. The second kappa shape index (κ2) is 32.3. The SMILES string of the molecule is CCCCCN1C(=O)O[C@H]([C@H](C)C[C@@H]2CC[C@@H](O)[C@H](OC)C2)CC(=O)[C@H](C)/C=C(\C)[C@@H](O)[C@@H](CC)C(=O)[C@H](C)C[C@H](C)/C=C/C=C/C=C(\C)C(OCCOCCOCC(F)(F)F)C[C@@H]2CC[C@@H](C)[C@@](O)(O2)C(=O)C1=O. The molecule has 1 aliphatic carbocycles. The molecule has 14 atom stereocenters. The number of halogens is 3. The number of cyclic esters (lactones) is 1. The molecule has 15 nitrogen and oxygen atoms in total. The van der Waals surface area contributed by atoms with Crippen LogP contribution in [0.4, 0.5) is 18.0 Å². The molecule has 428 valence electrons. The van der Waals surface area contributed by atoms with Crippen LogP contribution in [0.2, 0.25) is 0 Å². The van der Waals surface area contributed by atoms with Crippen LogP contribution in [0.25, 0.3) is 0 Å². The van der Waals surface area contributed by atoms with Gasteiger partial charge in [-0.05, 0) is 101 Å². The third-order valence-electron chi connectivity index (χ3n) is 15.1. The Morgan fingerprint density at radius 1 is 0.867 bits per heavy atom. The van der Waals surface area contributed by atoms with Crippen LogP contribution in [0, 0.1) is 41.4 Å². The number of Topliss-reactive ketones (excluding diaryl/α,β-unsaturated/α-hetero) is 3. The van der Waals surface area contributed by atoms with E-state index in [1.807, 2.05) is 65.8 Å². The van der Waals surface area contributed by atoms with E-state index in [0.717, 1.165) is 5.57 Å². The van der Waals surface area contributed by atoms with Crippen molar-refractivity contribution in [2.45, 2.75) is 194 Å². The molecule has 1 unspecified atom stereocenters. The summed E-state index contributed by atoms with van der Waals surface area (Å²) >= 11 is 0. The number of carbonyl (C=O) groups is 5. The van der Waals surface area contributed by atoms with E-state index in [1.165, 1.54) is 7.11 Å². The molecule has 2 aliphatic heterocycles. The molecule has 1 saturated heterocycles. The minimum Gasteiger partial charge on any atom is -0.445 e. The van der Waals surface area contributed by atoms with Gasteiger partial charge in [0.2, 0.25) is 5.79 Å². The fourth-order valence-electron chi connectivity index (χ4n) is 10.4. The van der Waals surface area contributed by atoms with E-state index in [1.54, 1.807) is 32.9 Å². The van der Waals surface area contributed by atoms with E-state index < -0.39 is 103 Å². The van der Waals surface area contributed by atoms with Gasteiger partial charge in [0.1, 0.15) is 24.3 Å². The molecule has 0 aromatic heterocycles. The number of imide groups is 1. The van der Waals surface area contributed by atoms with Crippen LogP contribution in [-0.2, 0) is 47.6 Å². The fourth-order valence-corrected chi connectivity index (χ4v) is 10.4.